The number of hydrazone groups is 1. The zero-order chi connectivity index (χ0) is 21.6. The van der Waals surface area contributed by atoms with Crippen molar-refractivity contribution in [2.75, 3.05) is 7.11 Å². The monoisotopic (exact) mass is 444 g/mol. The van der Waals surface area contributed by atoms with Crippen LogP contribution >= 0.6 is 11.6 Å². The number of hydrogen-bond donors (Lipinski definition) is 1. The highest BCUT2D eigenvalue weighted by atomic mass is 35.5. The number of carbonyl (C=O) groups is 1. The van der Waals surface area contributed by atoms with Crippen molar-refractivity contribution >= 4 is 33.8 Å². The molecule has 0 saturated heterocycles. The van der Waals surface area contributed by atoms with Crippen LogP contribution in [0.2, 0.25) is 5.02 Å². The van der Waals surface area contributed by atoms with Crippen LogP contribution in [0.5, 0.6) is 11.5 Å². The van der Waals surface area contributed by atoms with Crippen molar-refractivity contribution in [2.24, 2.45) is 5.10 Å². The Bertz CT molecular complexity index is 1160. The molecule has 0 spiro atoms. The Balaban J connectivity index is 1.66. The van der Waals surface area contributed by atoms with Gasteiger partial charge in [-0.15, -0.1) is 0 Å². The first-order valence-corrected chi connectivity index (χ1v) is 10.5. The van der Waals surface area contributed by atoms with E-state index in [-0.39, 0.29) is 15.7 Å². The summed E-state index contributed by atoms with van der Waals surface area (Å²) < 4.78 is 34.6. The van der Waals surface area contributed by atoms with Crippen molar-refractivity contribution in [2.45, 2.75) is 4.90 Å². The Morgan fingerprint density at radius 2 is 1.73 bits per heavy atom. The molecule has 7 nitrogen and oxygen atoms in total. The Morgan fingerprint density at radius 3 is 2.37 bits per heavy atom. The summed E-state index contributed by atoms with van der Waals surface area (Å²) in [5.41, 5.74) is 0.854. The zero-order valence-corrected chi connectivity index (χ0v) is 17.4. The van der Waals surface area contributed by atoms with E-state index in [0.717, 1.165) is 0 Å². The molecule has 0 aliphatic rings. The predicted octanol–water partition coefficient (Wildman–Crippen LogP) is 3.88. The Kier molecular flexibility index (Phi) is 6.71. The number of esters is 1. The molecule has 154 valence electrons. The number of nitrogens with zero attached hydrogens (tertiary/aromatic N) is 1. The summed E-state index contributed by atoms with van der Waals surface area (Å²) in [4.78, 5) is 14.5. The Morgan fingerprint density at radius 1 is 1.03 bits per heavy atom. The van der Waals surface area contributed by atoms with Gasteiger partial charge in [-0.3, -0.25) is 0 Å². The summed E-state index contributed by atoms with van der Waals surface area (Å²) in [5, 5.41) is 3.92. The number of ether oxygens (including phenoxy) is 2. The molecule has 3 rings (SSSR count). The van der Waals surface area contributed by atoms with Crippen molar-refractivity contribution in [3.8, 4) is 11.5 Å². The molecule has 0 radical (unpaired) electrons. The quantitative estimate of drug-likeness (QED) is 0.258. The van der Waals surface area contributed by atoms with Crippen LogP contribution in [0.15, 0.2) is 82.8 Å². The van der Waals surface area contributed by atoms with Crippen LogP contribution in [0.3, 0.4) is 0 Å². The van der Waals surface area contributed by atoms with E-state index in [9.17, 15) is 13.2 Å². The number of nitrogens with one attached hydrogen (secondary N) is 1. The molecular formula is C21H17ClN2O5S. The average molecular weight is 445 g/mol. The highest BCUT2D eigenvalue weighted by molar-refractivity contribution is 7.89. The van der Waals surface area contributed by atoms with Gasteiger partial charge in [0.1, 0.15) is 11.5 Å². The molecule has 0 atom stereocenters. The van der Waals surface area contributed by atoms with Gasteiger partial charge in [-0.05, 0) is 60.2 Å². The number of sulfonamides is 1. The van der Waals surface area contributed by atoms with Gasteiger partial charge in [-0.1, -0.05) is 29.8 Å². The van der Waals surface area contributed by atoms with Crippen molar-refractivity contribution in [1.82, 2.24) is 4.83 Å². The highest BCUT2D eigenvalue weighted by Crippen LogP contribution is 2.26. The fourth-order valence-electron chi connectivity index (χ4n) is 2.39. The largest absolute Gasteiger partial charge is 0.497 e. The molecule has 9 heteroatoms. The van der Waals surface area contributed by atoms with Gasteiger partial charge >= 0.3 is 5.97 Å². The van der Waals surface area contributed by atoms with Crippen LogP contribution in [-0.4, -0.2) is 27.7 Å². The maximum atomic E-state index is 12.2. The molecule has 1 N–H and O–H groups in total. The summed E-state index contributed by atoms with van der Waals surface area (Å²) in [6.45, 7) is 0. The molecular weight excluding hydrogens is 428 g/mol. The lowest BCUT2D eigenvalue weighted by molar-refractivity contribution is 0.0735. The second kappa shape index (κ2) is 9.43. The van der Waals surface area contributed by atoms with Crippen LogP contribution in [0.25, 0.3) is 0 Å². The molecule has 0 bridgehead atoms. The maximum Gasteiger partial charge on any atom is 0.343 e. The minimum absolute atomic E-state index is 0.0981. The Hall–Kier alpha value is -3.36. The first-order chi connectivity index (χ1) is 14.4. The van der Waals surface area contributed by atoms with Gasteiger partial charge in [0, 0.05) is 0 Å². The van der Waals surface area contributed by atoms with Crippen molar-refractivity contribution in [3.63, 3.8) is 0 Å². The molecule has 0 unspecified atom stereocenters. The minimum Gasteiger partial charge on any atom is -0.497 e. The van der Waals surface area contributed by atoms with Crippen LogP contribution in [0, 0.1) is 0 Å². The van der Waals surface area contributed by atoms with E-state index in [1.165, 1.54) is 37.6 Å². The SMILES string of the molecule is COc1ccc(C(=O)Oc2ccc(/C=N\NS(=O)(=O)c3ccccc3)cc2Cl)cc1. The Labute approximate surface area is 179 Å². The summed E-state index contributed by atoms with van der Waals surface area (Å²) in [7, 11) is -2.23. The van der Waals surface area contributed by atoms with Gasteiger partial charge in [0.25, 0.3) is 10.0 Å². The smallest absolute Gasteiger partial charge is 0.343 e. The van der Waals surface area contributed by atoms with Gasteiger partial charge < -0.3 is 9.47 Å². The summed E-state index contributed by atoms with van der Waals surface area (Å²) in [6, 6.07) is 18.9. The van der Waals surface area contributed by atoms with E-state index in [1.807, 2.05) is 0 Å². The second-order valence-electron chi connectivity index (χ2n) is 5.97. The van der Waals surface area contributed by atoms with Crippen molar-refractivity contribution in [3.05, 3.63) is 88.9 Å². The molecule has 0 fully saturated rings. The number of halogens is 1. The van der Waals surface area contributed by atoms with Crippen molar-refractivity contribution < 1.29 is 22.7 Å². The lowest BCUT2D eigenvalue weighted by Gasteiger charge is -2.07. The highest BCUT2D eigenvalue weighted by Gasteiger charge is 2.13. The van der Waals surface area contributed by atoms with E-state index in [1.54, 1.807) is 48.5 Å². The van der Waals surface area contributed by atoms with Gasteiger partial charge in [-0.25, -0.2) is 9.63 Å². The number of rotatable bonds is 7. The summed E-state index contributed by atoms with van der Waals surface area (Å²) in [6.07, 6.45) is 1.29. The molecule has 0 aliphatic carbocycles. The molecule has 0 heterocycles. The molecule has 3 aromatic rings. The number of hydrogen-bond acceptors (Lipinski definition) is 6. The zero-order valence-electron chi connectivity index (χ0n) is 15.8. The fraction of sp³-hybridized carbons (Fsp3) is 0.0476. The summed E-state index contributed by atoms with van der Waals surface area (Å²) in [5.74, 6) is 0.215. The van der Waals surface area contributed by atoms with Crippen LogP contribution < -0.4 is 14.3 Å². The summed E-state index contributed by atoms with van der Waals surface area (Å²) >= 11 is 6.18. The second-order valence-corrected chi connectivity index (χ2v) is 8.04. The molecule has 3 aromatic carbocycles. The van der Waals surface area contributed by atoms with Crippen LogP contribution in [0.1, 0.15) is 15.9 Å². The van der Waals surface area contributed by atoms with Crippen LogP contribution in [0.4, 0.5) is 0 Å². The third-order valence-electron chi connectivity index (χ3n) is 3.92. The third kappa shape index (κ3) is 5.37. The lowest BCUT2D eigenvalue weighted by Crippen LogP contribution is -2.18. The van der Waals surface area contributed by atoms with E-state index in [0.29, 0.717) is 16.9 Å². The van der Waals surface area contributed by atoms with Gasteiger partial charge in [0.15, 0.2) is 0 Å². The molecule has 30 heavy (non-hydrogen) atoms. The minimum atomic E-state index is -3.76. The number of methoxy groups -OCH3 is 1. The number of benzene rings is 3. The third-order valence-corrected chi connectivity index (χ3v) is 5.46. The van der Waals surface area contributed by atoms with E-state index >= 15 is 0 Å². The molecule has 0 amide bonds. The first-order valence-electron chi connectivity index (χ1n) is 8.65. The molecule has 0 aliphatic heterocycles. The van der Waals surface area contributed by atoms with Crippen molar-refractivity contribution in [1.29, 1.82) is 0 Å². The maximum absolute atomic E-state index is 12.2. The molecule has 0 saturated carbocycles. The van der Waals surface area contributed by atoms with E-state index < -0.39 is 16.0 Å². The average Bonchev–Trinajstić information content (AvgIpc) is 2.76. The van der Waals surface area contributed by atoms with Crippen LogP contribution in [-0.2, 0) is 10.0 Å². The van der Waals surface area contributed by atoms with Gasteiger partial charge in [0.05, 0.1) is 28.8 Å². The van der Waals surface area contributed by atoms with E-state index in [4.69, 9.17) is 21.1 Å². The lowest BCUT2D eigenvalue weighted by atomic mass is 10.2. The van der Waals surface area contributed by atoms with Gasteiger partial charge in [0.2, 0.25) is 0 Å². The standard InChI is InChI=1S/C21H17ClN2O5S/c1-28-17-10-8-16(9-11-17)21(25)29-20-12-7-15(13-19(20)22)14-23-24-30(26,27)18-5-3-2-4-6-18/h2-14,24H,1H3/b23-14-. The first kappa shape index (κ1) is 21.4. The van der Waals surface area contributed by atoms with E-state index in [2.05, 4.69) is 9.93 Å². The topological polar surface area (TPSA) is 94.1 Å². The molecule has 0 aromatic heterocycles. The fourth-order valence-corrected chi connectivity index (χ4v) is 3.43. The number of carbonyl (C=O) groups excluding carboxylic acids is 1. The van der Waals surface area contributed by atoms with Gasteiger partial charge in [-0.2, -0.15) is 13.5 Å². The normalized spacial score (nSPS) is 11.3. The predicted molar refractivity (Wildman–Crippen MR) is 114 cm³/mol.